The molecule has 1 aromatic carbocycles. The van der Waals surface area contributed by atoms with Crippen LogP contribution in [0.5, 0.6) is 0 Å². The minimum absolute atomic E-state index is 0.223. The van der Waals surface area contributed by atoms with Crippen LogP contribution < -0.4 is 0 Å². The largest absolute Gasteiger partial charge is 0.481 e. The molecular weight excluding hydrogens is 363 g/mol. The smallest absolute Gasteiger partial charge is 0.406 e. The van der Waals surface area contributed by atoms with Crippen molar-refractivity contribution in [2.24, 2.45) is 5.41 Å². The molecule has 0 aromatic heterocycles. The fourth-order valence-corrected chi connectivity index (χ4v) is 4.03. The number of carboxylic acids is 1. The van der Waals surface area contributed by atoms with E-state index in [9.17, 15) is 27.9 Å². The molecule has 1 unspecified atom stereocenters. The minimum atomic E-state index is -4.92. The first-order valence-electron chi connectivity index (χ1n) is 8.87. The molecule has 1 N–H and O–H groups in total. The summed E-state index contributed by atoms with van der Waals surface area (Å²) in [6.07, 6.45) is -4.83. The number of alkyl halides is 3. The summed E-state index contributed by atoms with van der Waals surface area (Å²) in [5.41, 5.74) is -2.13. The summed E-state index contributed by atoms with van der Waals surface area (Å²) in [7, 11) is 0. The predicted molar refractivity (Wildman–Crippen MR) is 90.2 cm³/mol. The molecule has 2 aliphatic heterocycles. The molecule has 27 heavy (non-hydrogen) atoms. The molecule has 2 fully saturated rings. The Kier molecular flexibility index (Phi) is 4.96. The van der Waals surface area contributed by atoms with Gasteiger partial charge >= 0.3 is 12.1 Å². The first kappa shape index (κ1) is 19.7. The maximum atomic E-state index is 13.5. The fraction of sp³-hybridized carbons (Fsp3) is 0.579. The molecule has 1 aromatic rings. The predicted octanol–water partition coefficient (Wildman–Crippen LogP) is 2.91. The summed E-state index contributed by atoms with van der Waals surface area (Å²) in [6.45, 7) is 1.50. The number of carbonyl (C=O) groups is 2. The van der Waals surface area contributed by atoms with Crippen LogP contribution in [0.2, 0.25) is 0 Å². The maximum absolute atomic E-state index is 13.5. The van der Waals surface area contributed by atoms with Crippen LogP contribution in [0.15, 0.2) is 24.3 Å². The number of aliphatic carboxylic acids is 1. The molecule has 148 valence electrons. The Balaban J connectivity index is 1.94. The average molecular weight is 385 g/mol. The number of hydrogen-bond donors (Lipinski definition) is 1. The lowest BCUT2D eigenvalue weighted by Crippen LogP contribution is -2.52. The van der Waals surface area contributed by atoms with Gasteiger partial charge in [0.15, 0.2) is 5.41 Å². The molecule has 0 bridgehead atoms. The third kappa shape index (κ3) is 3.20. The summed E-state index contributed by atoms with van der Waals surface area (Å²) >= 11 is 0. The van der Waals surface area contributed by atoms with E-state index in [0.717, 1.165) is 16.0 Å². The zero-order valence-electron chi connectivity index (χ0n) is 15.0. The monoisotopic (exact) mass is 385 g/mol. The van der Waals surface area contributed by atoms with Gasteiger partial charge in [-0.15, -0.1) is 0 Å². The molecule has 0 aliphatic carbocycles. The molecule has 1 amide bonds. The number of amides is 1. The number of likely N-dealkylation sites (tertiary alicyclic amines) is 1. The first-order valence-corrected chi connectivity index (χ1v) is 8.87. The van der Waals surface area contributed by atoms with Crippen LogP contribution in [0.4, 0.5) is 13.2 Å². The van der Waals surface area contributed by atoms with Crippen molar-refractivity contribution in [1.29, 1.82) is 0 Å². The number of ether oxygens (including phenoxy) is 1. The molecule has 0 spiro atoms. The number of rotatable bonds is 3. The van der Waals surface area contributed by atoms with Gasteiger partial charge in [0, 0.05) is 26.3 Å². The Morgan fingerprint density at radius 1 is 1.11 bits per heavy atom. The van der Waals surface area contributed by atoms with Gasteiger partial charge < -0.3 is 14.7 Å². The van der Waals surface area contributed by atoms with Crippen LogP contribution >= 0.6 is 0 Å². The van der Waals surface area contributed by atoms with E-state index in [2.05, 4.69) is 0 Å². The standard InChI is InChI=1S/C19H22F3NO4/c1-13-2-4-14(5-3-13)17(7-10-27-11-8-17)15(24)23-9-6-18(12-23,16(25)26)19(20,21)22/h2-5H,6-12H2,1H3,(H,25,26). The number of carboxylic acid groups (broad SMARTS) is 1. The van der Waals surface area contributed by atoms with E-state index >= 15 is 0 Å². The lowest BCUT2D eigenvalue weighted by molar-refractivity contribution is -0.227. The van der Waals surface area contributed by atoms with Crippen molar-refractivity contribution in [2.45, 2.75) is 37.8 Å². The summed E-state index contributed by atoms with van der Waals surface area (Å²) in [5, 5.41) is 9.24. The van der Waals surface area contributed by atoms with Crippen LogP contribution in [0.3, 0.4) is 0 Å². The van der Waals surface area contributed by atoms with E-state index in [1.807, 2.05) is 31.2 Å². The second kappa shape index (κ2) is 6.82. The van der Waals surface area contributed by atoms with E-state index in [0.29, 0.717) is 26.1 Å². The van der Waals surface area contributed by atoms with Crippen LogP contribution in [-0.2, 0) is 19.7 Å². The summed E-state index contributed by atoms with van der Waals surface area (Å²) in [4.78, 5) is 25.9. The quantitative estimate of drug-likeness (QED) is 0.869. The third-order valence-corrected chi connectivity index (χ3v) is 5.87. The van der Waals surface area contributed by atoms with Gasteiger partial charge in [-0.1, -0.05) is 29.8 Å². The molecule has 2 heterocycles. The van der Waals surface area contributed by atoms with Gasteiger partial charge in [0.25, 0.3) is 0 Å². The van der Waals surface area contributed by atoms with E-state index in [1.165, 1.54) is 0 Å². The summed E-state index contributed by atoms with van der Waals surface area (Å²) < 4.78 is 45.8. The lowest BCUT2D eigenvalue weighted by atomic mass is 9.72. The topological polar surface area (TPSA) is 66.8 Å². The lowest BCUT2D eigenvalue weighted by Gasteiger charge is -2.39. The molecule has 8 heteroatoms. The zero-order chi connectivity index (χ0) is 19.9. The van der Waals surface area contributed by atoms with Gasteiger partial charge in [0.2, 0.25) is 5.91 Å². The van der Waals surface area contributed by atoms with Gasteiger partial charge in [-0.2, -0.15) is 13.2 Å². The number of aryl methyl sites for hydroxylation is 1. The molecule has 5 nitrogen and oxygen atoms in total. The van der Waals surface area contributed by atoms with E-state index in [-0.39, 0.29) is 6.54 Å². The molecule has 2 aliphatic rings. The number of nitrogens with zero attached hydrogens (tertiary/aromatic N) is 1. The highest BCUT2D eigenvalue weighted by Gasteiger charge is 2.65. The van der Waals surface area contributed by atoms with Gasteiger partial charge in [0.1, 0.15) is 0 Å². The second-order valence-corrected chi connectivity index (χ2v) is 7.42. The van der Waals surface area contributed by atoms with Gasteiger partial charge in [-0.05, 0) is 31.7 Å². The van der Waals surface area contributed by atoms with E-state index in [1.54, 1.807) is 0 Å². The van der Waals surface area contributed by atoms with Crippen molar-refractivity contribution in [3.05, 3.63) is 35.4 Å². The highest BCUT2D eigenvalue weighted by molar-refractivity contribution is 5.90. The average Bonchev–Trinajstić information content (AvgIpc) is 3.09. The molecule has 0 radical (unpaired) electrons. The van der Waals surface area contributed by atoms with Gasteiger partial charge in [0.05, 0.1) is 5.41 Å². The van der Waals surface area contributed by atoms with Crippen molar-refractivity contribution in [2.75, 3.05) is 26.3 Å². The Labute approximate surface area is 155 Å². The van der Waals surface area contributed by atoms with Crippen molar-refractivity contribution in [3.63, 3.8) is 0 Å². The van der Waals surface area contributed by atoms with Crippen LogP contribution in [-0.4, -0.2) is 54.4 Å². The summed E-state index contributed by atoms with van der Waals surface area (Å²) in [5.74, 6) is -2.37. The molecule has 2 saturated heterocycles. The Morgan fingerprint density at radius 3 is 2.19 bits per heavy atom. The van der Waals surface area contributed by atoms with E-state index in [4.69, 9.17) is 4.74 Å². The fourth-order valence-electron chi connectivity index (χ4n) is 4.03. The normalized spacial score (nSPS) is 25.4. The highest BCUT2D eigenvalue weighted by Crippen LogP contribution is 2.47. The van der Waals surface area contributed by atoms with Crippen molar-refractivity contribution in [1.82, 2.24) is 4.90 Å². The molecular formula is C19H22F3NO4. The summed E-state index contributed by atoms with van der Waals surface area (Å²) in [6, 6.07) is 7.37. The van der Waals surface area contributed by atoms with Crippen molar-refractivity contribution < 1.29 is 32.6 Å². The van der Waals surface area contributed by atoms with Gasteiger partial charge in [-0.3, -0.25) is 9.59 Å². The molecule has 0 saturated carbocycles. The first-order chi connectivity index (χ1) is 12.6. The third-order valence-electron chi connectivity index (χ3n) is 5.87. The van der Waals surface area contributed by atoms with Crippen molar-refractivity contribution in [3.8, 4) is 0 Å². The highest BCUT2D eigenvalue weighted by atomic mass is 19.4. The Morgan fingerprint density at radius 2 is 1.70 bits per heavy atom. The zero-order valence-corrected chi connectivity index (χ0v) is 15.0. The van der Waals surface area contributed by atoms with Crippen LogP contribution in [0, 0.1) is 12.3 Å². The van der Waals surface area contributed by atoms with Crippen LogP contribution in [0.1, 0.15) is 30.4 Å². The molecule has 3 rings (SSSR count). The maximum Gasteiger partial charge on any atom is 0.406 e. The second-order valence-electron chi connectivity index (χ2n) is 7.42. The number of benzene rings is 1. The molecule has 1 atom stereocenters. The SMILES string of the molecule is Cc1ccc(C2(C(=O)N3CCC(C(=O)O)(C(F)(F)F)C3)CCOCC2)cc1. The minimum Gasteiger partial charge on any atom is -0.481 e. The van der Waals surface area contributed by atoms with Crippen LogP contribution in [0.25, 0.3) is 0 Å². The van der Waals surface area contributed by atoms with Crippen molar-refractivity contribution >= 4 is 11.9 Å². The number of hydrogen-bond acceptors (Lipinski definition) is 3. The number of halogens is 3. The Bertz CT molecular complexity index is 725. The van der Waals surface area contributed by atoms with E-state index < -0.39 is 41.8 Å². The van der Waals surface area contributed by atoms with Gasteiger partial charge in [-0.25, -0.2) is 0 Å². The number of carbonyl (C=O) groups excluding carboxylic acids is 1. The Hall–Kier alpha value is -2.09.